The van der Waals surface area contributed by atoms with Crippen LogP contribution >= 0.6 is 7.82 Å². The lowest BCUT2D eigenvalue weighted by Crippen LogP contribution is -2.45. The highest BCUT2D eigenvalue weighted by Gasteiger charge is 2.23. The van der Waals surface area contributed by atoms with Crippen molar-refractivity contribution in [3.05, 3.63) is 48.6 Å². The van der Waals surface area contributed by atoms with Gasteiger partial charge in [-0.3, -0.25) is 9.36 Å². The highest BCUT2D eigenvalue weighted by atomic mass is 31.2. The maximum atomic E-state index is 12.8. The minimum atomic E-state index is -4.60. The molecule has 8 nitrogen and oxygen atoms in total. The summed E-state index contributed by atoms with van der Waals surface area (Å²) in [7, 11) is 1.23. The third kappa shape index (κ3) is 48.4. The molecule has 64 heavy (non-hydrogen) atoms. The zero-order valence-corrected chi connectivity index (χ0v) is 43.6. The van der Waals surface area contributed by atoms with Crippen molar-refractivity contribution in [2.75, 3.05) is 40.9 Å². The molecule has 0 fully saturated rings. The maximum absolute atomic E-state index is 12.8. The minimum Gasteiger partial charge on any atom is -0.756 e. The standard InChI is InChI=1S/C55H105N2O6P/c1-6-8-10-12-14-16-18-19-20-21-22-23-24-25-26-27-28-29-30-31-32-33-34-35-36-37-39-40-42-44-46-48-54(58)53(52-63-64(60,61)62-51-50-57(3,4)5)56-55(59)49-47-45-43-41-38-17-15-13-11-9-7-2/h13,15,34-35,39-40,46,48,53-54,58H,6-12,14,16-33,36-38,41-45,47,49-52H2,1-5H3,(H-,56,59,60,61)/b15-13-,35-34+,40-39+,48-46+. The summed E-state index contributed by atoms with van der Waals surface area (Å²) in [6.07, 6.45) is 60.7. The van der Waals surface area contributed by atoms with Crippen molar-refractivity contribution in [3.8, 4) is 0 Å². The predicted molar refractivity (Wildman–Crippen MR) is 274 cm³/mol. The van der Waals surface area contributed by atoms with E-state index in [1.807, 2.05) is 27.2 Å². The van der Waals surface area contributed by atoms with Crippen LogP contribution in [0.4, 0.5) is 0 Å². The van der Waals surface area contributed by atoms with Gasteiger partial charge in [0, 0.05) is 6.42 Å². The summed E-state index contributed by atoms with van der Waals surface area (Å²) in [6, 6.07) is -0.914. The molecule has 0 aromatic heterocycles. The van der Waals surface area contributed by atoms with E-state index in [2.05, 4.69) is 55.6 Å². The number of hydrogen-bond donors (Lipinski definition) is 2. The van der Waals surface area contributed by atoms with Crippen LogP contribution in [-0.4, -0.2) is 68.5 Å². The Morgan fingerprint density at radius 2 is 0.891 bits per heavy atom. The summed E-state index contributed by atoms with van der Waals surface area (Å²) in [5.74, 6) is -0.223. The molecule has 0 aromatic rings. The summed E-state index contributed by atoms with van der Waals surface area (Å²) in [5.41, 5.74) is 0. The number of carbonyl (C=O) groups is 1. The lowest BCUT2D eigenvalue weighted by Gasteiger charge is -2.29. The van der Waals surface area contributed by atoms with Gasteiger partial charge in [-0.1, -0.05) is 223 Å². The molecule has 9 heteroatoms. The summed E-state index contributed by atoms with van der Waals surface area (Å²) < 4.78 is 23.2. The molecular weight excluding hydrogens is 816 g/mol. The number of allylic oxidation sites excluding steroid dienone is 7. The van der Waals surface area contributed by atoms with Crippen LogP contribution in [0.5, 0.6) is 0 Å². The molecule has 0 aromatic carbocycles. The molecule has 0 radical (unpaired) electrons. The number of hydrogen-bond acceptors (Lipinski definition) is 6. The molecule has 0 spiro atoms. The molecule has 0 rings (SSSR count). The Balaban J connectivity index is 4.16. The van der Waals surface area contributed by atoms with E-state index in [1.54, 1.807) is 6.08 Å². The zero-order valence-electron chi connectivity index (χ0n) is 42.7. The second-order valence-electron chi connectivity index (χ2n) is 19.6. The molecule has 0 aliphatic rings. The topological polar surface area (TPSA) is 108 Å². The first-order chi connectivity index (χ1) is 31.0. The number of rotatable bonds is 49. The SMILES string of the molecule is CCCC/C=C\CCCCCCCC(=O)NC(COP(=O)([O-])OCC[N+](C)(C)C)C(O)/C=C/CC/C=C/CC/C=C/CCCCCCCCCCCCCCCCCCCCCCC. The third-order valence-electron chi connectivity index (χ3n) is 12.0. The molecule has 0 bridgehead atoms. The van der Waals surface area contributed by atoms with Gasteiger partial charge < -0.3 is 28.8 Å². The number of unbranched alkanes of at least 4 members (excludes halogenated alkanes) is 30. The Kier molecular flexibility index (Phi) is 45.4. The van der Waals surface area contributed by atoms with E-state index in [9.17, 15) is 19.4 Å². The number of phosphoric ester groups is 1. The first-order valence-electron chi connectivity index (χ1n) is 27.0. The normalized spacial score (nSPS) is 14.4. The number of nitrogens with one attached hydrogen (secondary N) is 1. The summed E-state index contributed by atoms with van der Waals surface area (Å²) in [4.78, 5) is 25.3. The van der Waals surface area contributed by atoms with Gasteiger partial charge in [0.05, 0.1) is 39.9 Å². The van der Waals surface area contributed by atoms with Crippen molar-refractivity contribution >= 4 is 13.7 Å². The summed E-state index contributed by atoms with van der Waals surface area (Å²) >= 11 is 0. The van der Waals surface area contributed by atoms with E-state index in [0.717, 1.165) is 70.6 Å². The van der Waals surface area contributed by atoms with Crippen LogP contribution < -0.4 is 10.2 Å². The monoisotopic (exact) mass is 921 g/mol. The number of phosphoric acid groups is 1. The fourth-order valence-electron chi connectivity index (χ4n) is 7.70. The van der Waals surface area contributed by atoms with E-state index >= 15 is 0 Å². The zero-order chi connectivity index (χ0) is 47.1. The molecule has 0 saturated carbocycles. The van der Waals surface area contributed by atoms with Gasteiger partial charge in [-0.05, 0) is 64.2 Å². The van der Waals surface area contributed by atoms with Gasteiger partial charge in [0.25, 0.3) is 7.82 Å². The quantitative estimate of drug-likeness (QED) is 0.0272. The number of amides is 1. The van der Waals surface area contributed by atoms with Crippen LogP contribution in [0, 0.1) is 0 Å². The van der Waals surface area contributed by atoms with E-state index < -0.39 is 26.6 Å². The molecular formula is C55H105N2O6P. The first-order valence-corrected chi connectivity index (χ1v) is 28.5. The molecule has 2 N–H and O–H groups in total. The van der Waals surface area contributed by atoms with E-state index in [0.29, 0.717) is 17.4 Å². The average Bonchev–Trinajstić information content (AvgIpc) is 3.25. The molecule has 0 aliphatic carbocycles. The average molecular weight is 921 g/mol. The number of nitrogens with zero attached hydrogens (tertiary/aromatic N) is 1. The van der Waals surface area contributed by atoms with Crippen molar-refractivity contribution in [1.29, 1.82) is 0 Å². The van der Waals surface area contributed by atoms with E-state index in [1.165, 1.54) is 154 Å². The van der Waals surface area contributed by atoms with Crippen molar-refractivity contribution < 1.29 is 32.9 Å². The summed E-state index contributed by atoms with van der Waals surface area (Å²) in [6.45, 7) is 4.58. The van der Waals surface area contributed by atoms with Gasteiger partial charge in [-0.15, -0.1) is 0 Å². The van der Waals surface area contributed by atoms with Crippen molar-refractivity contribution in [1.82, 2.24) is 5.32 Å². The number of likely N-dealkylation sites (N-methyl/N-ethyl adjacent to an activating group) is 1. The molecule has 0 heterocycles. The van der Waals surface area contributed by atoms with Gasteiger partial charge in [0.15, 0.2) is 0 Å². The lowest BCUT2D eigenvalue weighted by molar-refractivity contribution is -0.870. The Morgan fingerprint density at radius 1 is 0.531 bits per heavy atom. The second kappa shape index (κ2) is 46.6. The molecule has 3 atom stereocenters. The third-order valence-corrected chi connectivity index (χ3v) is 13.0. The fraction of sp³-hybridized carbons (Fsp3) is 0.836. The number of aliphatic hydroxyl groups excluding tert-OH is 1. The van der Waals surface area contributed by atoms with Crippen LogP contribution in [-0.2, 0) is 18.4 Å². The Morgan fingerprint density at radius 3 is 1.31 bits per heavy atom. The number of carbonyl (C=O) groups excluding carboxylic acids is 1. The molecule has 1 amide bonds. The highest BCUT2D eigenvalue weighted by Crippen LogP contribution is 2.38. The molecule has 3 unspecified atom stereocenters. The van der Waals surface area contributed by atoms with Gasteiger partial charge >= 0.3 is 0 Å². The van der Waals surface area contributed by atoms with Crippen LogP contribution in [0.1, 0.15) is 245 Å². The Labute approximate surface area is 397 Å². The van der Waals surface area contributed by atoms with Crippen LogP contribution in [0.15, 0.2) is 48.6 Å². The highest BCUT2D eigenvalue weighted by molar-refractivity contribution is 7.45. The van der Waals surface area contributed by atoms with E-state index in [4.69, 9.17) is 9.05 Å². The van der Waals surface area contributed by atoms with Gasteiger partial charge in [0.2, 0.25) is 5.91 Å². The van der Waals surface area contributed by atoms with Crippen molar-refractivity contribution in [2.45, 2.75) is 257 Å². The van der Waals surface area contributed by atoms with Crippen molar-refractivity contribution in [2.24, 2.45) is 0 Å². The van der Waals surface area contributed by atoms with Crippen LogP contribution in [0.25, 0.3) is 0 Å². The van der Waals surface area contributed by atoms with Gasteiger partial charge in [-0.2, -0.15) is 0 Å². The number of quaternary nitrogens is 1. The van der Waals surface area contributed by atoms with E-state index in [-0.39, 0.29) is 12.5 Å². The smallest absolute Gasteiger partial charge is 0.268 e. The molecule has 0 saturated heterocycles. The molecule has 376 valence electrons. The Hall–Kier alpha value is -1.54. The van der Waals surface area contributed by atoms with Gasteiger partial charge in [-0.25, -0.2) is 0 Å². The Bertz CT molecular complexity index is 1180. The fourth-order valence-corrected chi connectivity index (χ4v) is 8.42. The molecule has 0 aliphatic heterocycles. The maximum Gasteiger partial charge on any atom is 0.268 e. The summed E-state index contributed by atoms with van der Waals surface area (Å²) in [5, 5.41) is 13.8. The van der Waals surface area contributed by atoms with Crippen LogP contribution in [0.2, 0.25) is 0 Å². The predicted octanol–water partition coefficient (Wildman–Crippen LogP) is 15.3. The lowest BCUT2D eigenvalue weighted by atomic mass is 10.0. The minimum absolute atomic E-state index is 0.0115. The first kappa shape index (κ1) is 62.5. The number of aliphatic hydroxyl groups is 1. The largest absolute Gasteiger partial charge is 0.756 e. The van der Waals surface area contributed by atoms with Crippen LogP contribution in [0.3, 0.4) is 0 Å². The van der Waals surface area contributed by atoms with Gasteiger partial charge in [0.1, 0.15) is 13.2 Å². The van der Waals surface area contributed by atoms with Crippen molar-refractivity contribution in [3.63, 3.8) is 0 Å². The second-order valence-corrected chi connectivity index (χ2v) is 21.0.